The van der Waals surface area contributed by atoms with E-state index in [4.69, 9.17) is 0 Å². The van der Waals surface area contributed by atoms with Crippen LogP contribution in [-0.2, 0) is 0 Å². The van der Waals surface area contributed by atoms with Crippen molar-refractivity contribution < 1.29 is 0 Å². The maximum atomic E-state index is 4.29. The Balaban J connectivity index is 2.27. The molecule has 1 unspecified atom stereocenters. The van der Waals surface area contributed by atoms with Crippen LogP contribution in [0.3, 0.4) is 0 Å². The van der Waals surface area contributed by atoms with Crippen LogP contribution in [0, 0.1) is 5.92 Å². The third kappa shape index (κ3) is 1.32. The zero-order valence-corrected chi connectivity index (χ0v) is 6.40. The lowest BCUT2D eigenvalue weighted by atomic mass is 9.94. The van der Waals surface area contributed by atoms with Gasteiger partial charge in [-0.2, -0.15) is 0 Å². The molecule has 1 aliphatic carbocycles. The summed E-state index contributed by atoms with van der Waals surface area (Å²) >= 11 is 0. The lowest BCUT2D eigenvalue weighted by Gasteiger charge is -2.12. The average molecular weight is 145 g/mol. The second kappa shape index (κ2) is 2.87. The molecule has 1 heteroatoms. The van der Waals surface area contributed by atoms with E-state index in [1.165, 1.54) is 5.57 Å². The molecule has 2 rings (SSSR count). The number of hydrogen-bond acceptors (Lipinski definition) is 1. The molecule has 0 aromatic heterocycles. The summed E-state index contributed by atoms with van der Waals surface area (Å²) in [6.45, 7) is 0.923. The molecule has 0 aromatic carbocycles. The van der Waals surface area contributed by atoms with Crippen LogP contribution < -0.4 is 0 Å². The highest BCUT2D eigenvalue weighted by molar-refractivity contribution is 5.61. The van der Waals surface area contributed by atoms with Crippen molar-refractivity contribution in [3.05, 3.63) is 36.0 Å². The molecular weight excluding hydrogens is 134 g/mol. The summed E-state index contributed by atoms with van der Waals surface area (Å²) in [4.78, 5) is 4.29. The fourth-order valence-electron chi connectivity index (χ4n) is 1.44. The van der Waals surface area contributed by atoms with Crippen molar-refractivity contribution in [2.24, 2.45) is 10.9 Å². The Bertz CT molecular complexity index is 256. The summed E-state index contributed by atoms with van der Waals surface area (Å²) in [7, 11) is 0. The van der Waals surface area contributed by atoms with E-state index < -0.39 is 0 Å². The molecule has 0 saturated carbocycles. The summed E-state index contributed by atoms with van der Waals surface area (Å²) in [6, 6.07) is 0. The van der Waals surface area contributed by atoms with Gasteiger partial charge in [0.1, 0.15) is 0 Å². The van der Waals surface area contributed by atoms with Crippen molar-refractivity contribution in [3.8, 4) is 0 Å². The fourth-order valence-corrected chi connectivity index (χ4v) is 1.44. The molecule has 0 aromatic rings. The van der Waals surface area contributed by atoms with Gasteiger partial charge in [-0.15, -0.1) is 0 Å². The van der Waals surface area contributed by atoms with Gasteiger partial charge >= 0.3 is 0 Å². The predicted molar refractivity (Wildman–Crippen MR) is 47.8 cm³/mol. The van der Waals surface area contributed by atoms with Gasteiger partial charge in [-0.05, 0) is 5.57 Å². The van der Waals surface area contributed by atoms with E-state index in [0.717, 1.165) is 13.0 Å². The van der Waals surface area contributed by atoms with Crippen LogP contribution in [0.4, 0.5) is 0 Å². The summed E-state index contributed by atoms with van der Waals surface area (Å²) in [5, 5.41) is 0. The Labute approximate surface area is 66.8 Å². The van der Waals surface area contributed by atoms with Crippen molar-refractivity contribution in [1.82, 2.24) is 0 Å². The van der Waals surface area contributed by atoms with E-state index in [1.54, 1.807) is 0 Å². The minimum atomic E-state index is 0.541. The molecule has 2 aliphatic rings. The molecule has 56 valence electrons. The third-order valence-corrected chi connectivity index (χ3v) is 2.06. The summed E-state index contributed by atoms with van der Waals surface area (Å²) in [6.07, 6.45) is 13.8. The monoisotopic (exact) mass is 145 g/mol. The molecule has 1 atom stereocenters. The smallest absolute Gasteiger partial charge is 0.0488 e. The van der Waals surface area contributed by atoms with Gasteiger partial charge in [-0.3, -0.25) is 4.99 Å². The van der Waals surface area contributed by atoms with Gasteiger partial charge in [0.15, 0.2) is 0 Å². The van der Waals surface area contributed by atoms with Crippen LogP contribution >= 0.6 is 0 Å². The second-order valence-electron chi connectivity index (χ2n) is 2.84. The SMILES string of the molecule is C1=CC2=CCC=NCC2C=C1. The number of fused-ring (bicyclic) bond motifs is 1. The van der Waals surface area contributed by atoms with Crippen molar-refractivity contribution in [2.45, 2.75) is 6.42 Å². The van der Waals surface area contributed by atoms with Gasteiger partial charge in [0.25, 0.3) is 0 Å². The Hall–Kier alpha value is -1.11. The van der Waals surface area contributed by atoms with Crippen LogP contribution in [0.15, 0.2) is 40.9 Å². The maximum absolute atomic E-state index is 4.29. The van der Waals surface area contributed by atoms with E-state index in [0.29, 0.717) is 5.92 Å². The minimum Gasteiger partial charge on any atom is -0.296 e. The van der Waals surface area contributed by atoms with Crippen LogP contribution in [0.1, 0.15) is 6.42 Å². The van der Waals surface area contributed by atoms with E-state index >= 15 is 0 Å². The third-order valence-electron chi connectivity index (χ3n) is 2.06. The van der Waals surface area contributed by atoms with Crippen molar-refractivity contribution >= 4 is 6.21 Å². The number of nitrogens with zero attached hydrogens (tertiary/aromatic N) is 1. The predicted octanol–water partition coefficient (Wildman–Crippen LogP) is 2.13. The summed E-state index contributed by atoms with van der Waals surface area (Å²) in [5.41, 5.74) is 1.42. The molecule has 1 aliphatic heterocycles. The van der Waals surface area contributed by atoms with Gasteiger partial charge in [0.2, 0.25) is 0 Å². The molecule has 0 radical (unpaired) electrons. The Morgan fingerprint density at radius 3 is 3.36 bits per heavy atom. The van der Waals surface area contributed by atoms with Gasteiger partial charge in [0.05, 0.1) is 0 Å². The van der Waals surface area contributed by atoms with Gasteiger partial charge in [0, 0.05) is 25.1 Å². The van der Waals surface area contributed by atoms with E-state index in [2.05, 4.69) is 35.4 Å². The Kier molecular flexibility index (Phi) is 1.72. The maximum Gasteiger partial charge on any atom is 0.0488 e. The number of rotatable bonds is 0. The highest BCUT2D eigenvalue weighted by atomic mass is 14.7. The molecule has 0 saturated heterocycles. The van der Waals surface area contributed by atoms with E-state index in [1.807, 2.05) is 6.21 Å². The summed E-state index contributed by atoms with van der Waals surface area (Å²) < 4.78 is 0. The first-order valence-corrected chi connectivity index (χ1v) is 4.00. The van der Waals surface area contributed by atoms with E-state index in [-0.39, 0.29) is 0 Å². The number of aliphatic imine (C=N–C) groups is 1. The fraction of sp³-hybridized carbons (Fsp3) is 0.300. The minimum absolute atomic E-state index is 0.541. The van der Waals surface area contributed by atoms with Gasteiger partial charge in [-0.25, -0.2) is 0 Å². The van der Waals surface area contributed by atoms with Crippen LogP contribution in [0.2, 0.25) is 0 Å². The molecule has 11 heavy (non-hydrogen) atoms. The zero-order chi connectivity index (χ0) is 7.52. The number of hydrogen-bond donors (Lipinski definition) is 0. The zero-order valence-electron chi connectivity index (χ0n) is 6.40. The topological polar surface area (TPSA) is 12.4 Å². The molecule has 0 N–H and O–H groups in total. The molecule has 0 amide bonds. The van der Waals surface area contributed by atoms with Crippen molar-refractivity contribution in [1.29, 1.82) is 0 Å². The molecule has 0 fully saturated rings. The lowest BCUT2D eigenvalue weighted by Crippen LogP contribution is -2.04. The van der Waals surface area contributed by atoms with Gasteiger partial charge < -0.3 is 0 Å². The first kappa shape index (κ1) is 6.59. The highest BCUT2D eigenvalue weighted by Gasteiger charge is 2.10. The lowest BCUT2D eigenvalue weighted by molar-refractivity contribution is 0.790. The summed E-state index contributed by atoms with van der Waals surface area (Å²) in [5.74, 6) is 0.541. The number of allylic oxidation sites excluding steroid dienone is 4. The first-order valence-electron chi connectivity index (χ1n) is 4.00. The standard InChI is InChI=1S/C10H11N/c1-2-5-10-8-11-7-3-6-9(10)4-1/h1-2,4-7,10H,3,8H2. The molecule has 1 heterocycles. The quantitative estimate of drug-likeness (QED) is 0.495. The van der Waals surface area contributed by atoms with Crippen LogP contribution in [0.25, 0.3) is 0 Å². The van der Waals surface area contributed by atoms with Crippen molar-refractivity contribution in [3.63, 3.8) is 0 Å². The van der Waals surface area contributed by atoms with Gasteiger partial charge in [-0.1, -0.05) is 30.4 Å². The molecule has 1 nitrogen and oxygen atoms in total. The first-order chi connectivity index (χ1) is 5.47. The van der Waals surface area contributed by atoms with E-state index in [9.17, 15) is 0 Å². The molecular formula is C10H11N. The van der Waals surface area contributed by atoms with Crippen LogP contribution in [-0.4, -0.2) is 12.8 Å². The molecule has 0 bridgehead atoms. The highest BCUT2D eigenvalue weighted by Crippen LogP contribution is 2.20. The Morgan fingerprint density at radius 1 is 1.36 bits per heavy atom. The largest absolute Gasteiger partial charge is 0.296 e. The normalized spacial score (nSPS) is 27.6. The van der Waals surface area contributed by atoms with Crippen LogP contribution in [0.5, 0.6) is 0 Å². The van der Waals surface area contributed by atoms with Crippen molar-refractivity contribution in [2.75, 3.05) is 6.54 Å². The average Bonchev–Trinajstić information content (AvgIpc) is 2.28. The molecule has 0 spiro atoms. The Morgan fingerprint density at radius 2 is 2.36 bits per heavy atom. The second-order valence-corrected chi connectivity index (χ2v) is 2.84.